The van der Waals surface area contributed by atoms with Crippen molar-refractivity contribution < 1.29 is 5.11 Å². The number of rotatable bonds is 4. The van der Waals surface area contributed by atoms with E-state index in [1.165, 1.54) is 36.0 Å². The largest absolute Gasteiger partial charge is 0.388 e. The summed E-state index contributed by atoms with van der Waals surface area (Å²) in [6.07, 6.45) is 5.06. The van der Waals surface area contributed by atoms with E-state index in [9.17, 15) is 5.11 Å². The van der Waals surface area contributed by atoms with Crippen molar-refractivity contribution in [3.05, 3.63) is 34.9 Å². The predicted molar refractivity (Wildman–Crippen MR) is 66.5 cm³/mol. The molecule has 2 nitrogen and oxygen atoms in total. The molecule has 0 saturated heterocycles. The van der Waals surface area contributed by atoms with Crippen LogP contribution in [-0.4, -0.2) is 17.3 Å². The molecule has 1 aromatic rings. The van der Waals surface area contributed by atoms with Gasteiger partial charge in [-0.1, -0.05) is 25.1 Å². The van der Waals surface area contributed by atoms with Gasteiger partial charge in [-0.15, -0.1) is 0 Å². The number of benzene rings is 1. The summed E-state index contributed by atoms with van der Waals surface area (Å²) in [6, 6.07) is 6.60. The van der Waals surface area contributed by atoms with Gasteiger partial charge in [0.25, 0.3) is 0 Å². The molecule has 1 aliphatic rings. The predicted octanol–water partition coefficient (Wildman–Crippen LogP) is 1.82. The fraction of sp³-hybridized carbons (Fsp3) is 0.571. The molecule has 0 amide bonds. The van der Waals surface area contributed by atoms with E-state index in [0.29, 0.717) is 19.4 Å². The number of aryl methyl sites for hydroxylation is 2. The van der Waals surface area contributed by atoms with Crippen LogP contribution in [0.1, 0.15) is 36.5 Å². The van der Waals surface area contributed by atoms with E-state index in [-0.39, 0.29) is 0 Å². The van der Waals surface area contributed by atoms with Crippen molar-refractivity contribution in [2.45, 2.75) is 44.6 Å². The van der Waals surface area contributed by atoms with Crippen molar-refractivity contribution in [2.75, 3.05) is 6.54 Å². The van der Waals surface area contributed by atoms with E-state index in [4.69, 9.17) is 5.73 Å². The molecule has 0 aromatic heterocycles. The molecule has 1 unspecified atom stereocenters. The van der Waals surface area contributed by atoms with E-state index in [2.05, 4.69) is 18.2 Å². The van der Waals surface area contributed by atoms with Crippen LogP contribution in [0.3, 0.4) is 0 Å². The molecular weight excluding hydrogens is 198 g/mol. The summed E-state index contributed by atoms with van der Waals surface area (Å²) in [6.45, 7) is 2.32. The zero-order valence-corrected chi connectivity index (χ0v) is 10.00. The van der Waals surface area contributed by atoms with Gasteiger partial charge in [0.1, 0.15) is 0 Å². The average molecular weight is 219 g/mol. The first kappa shape index (κ1) is 11.6. The first-order chi connectivity index (χ1) is 7.67. The minimum atomic E-state index is -0.729. The van der Waals surface area contributed by atoms with Gasteiger partial charge < -0.3 is 10.8 Å². The fourth-order valence-electron chi connectivity index (χ4n) is 2.46. The summed E-state index contributed by atoms with van der Waals surface area (Å²) in [4.78, 5) is 0. The molecule has 2 rings (SSSR count). The summed E-state index contributed by atoms with van der Waals surface area (Å²) in [7, 11) is 0. The topological polar surface area (TPSA) is 46.2 Å². The van der Waals surface area contributed by atoms with Gasteiger partial charge in [-0.2, -0.15) is 0 Å². The molecule has 1 aromatic carbocycles. The van der Waals surface area contributed by atoms with E-state index >= 15 is 0 Å². The summed E-state index contributed by atoms with van der Waals surface area (Å²) in [5, 5.41) is 10.2. The molecule has 0 aliphatic heterocycles. The zero-order valence-electron chi connectivity index (χ0n) is 10.00. The Hall–Kier alpha value is -0.860. The zero-order chi connectivity index (χ0) is 11.6. The number of hydrogen-bond donors (Lipinski definition) is 2. The Morgan fingerprint density at radius 2 is 2.06 bits per heavy atom. The van der Waals surface area contributed by atoms with Crippen LogP contribution in [0.5, 0.6) is 0 Å². The third-order valence-electron chi connectivity index (χ3n) is 3.73. The highest BCUT2D eigenvalue weighted by Gasteiger charge is 2.23. The van der Waals surface area contributed by atoms with Crippen LogP contribution in [-0.2, 0) is 19.3 Å². The number of hydrogen-bond acceptors (Lipinski definition) is 2. The highest BCUT2D eigenvalue weighted by molar-refractivity contribution is 5.35. The first-order valence-electron chi connectivity index (χ1n) is 6.20. The van der Waals surface area contributed by atoms with Crippen molar-refractivity contribution in [1.29, 1.82) is 0 Å². The molecule has 0 fully saturated rings. The van der Waals surface area contributed by atoms with E-state index < -0.39 is 5.60 Å². The highest BCUT2D eigenvalue weighted by Crippen LogP contribution is 2.25. The molecule has 16 heavy (non-hydrogen) atoms. The molecule has 1 aliphatic carbocycles. The van der Waals surface area contributed by atoms with Crippen LogP contribution in [0.4, 0.5) is 0 Å². The van der Waals surface area contributed by atoms with Gasteiger partial charge >= 0.3 is 0 Å². The Morgan fingerprint density at radius 3 is 2.75 bits per heavy atom. The highest BCUT2D eigenvalue weighted by atomic mass is 16.3. The minimum absolute atomic E-state index is 0.334. The van der Waals surface area contributed by atoms with Crippen molar-refractivity contribution in [1.82, 2.24) is 0 Å². The lowest BCUT2D eigenvalue weighted by molar-refractivity contribution is 0.0456. The molecule has 0 bridgehead atoms. The number of fused-ring (bicyclic) bond motifs is 1. The van der Waals surface area contributed by atoms with Crippen LogP contribution in [0.15, 0.2) is 18.2 Å². The fourth-order valence-corrected chi connectivity index (χ4v) is 2.46. The Labute approximate surface area is 97.5 Å². The minimum Gasteiger partial charge on any atom is -0.388 e. The molecule has 3 N–H and O–H groups in total. The van der Waals surface area contributed by atoms with Crippen LogP contribution in [0.25, 0.3) is 0 Å². The monoisotopic (exact) mass is 219 g/mol. The second kappa shape index (κ2) is 4.56. The normalized spacial score (nSPS) is 18.2. The van der Waals surface area contributed by atoms with Crippen LogP contribution in [0.2, 0.25) is 0 Å². The van der Waals surface area contributed by atoms with Gasteiger partial charge in [0.15, 0.2) is 0 Å². The van der Waals surface area contributed by atoms with Crippen molar-refractivity contribution >= 4 is 0 Å². The second-order valence-corrected chi connectivity index (χ2v) is 4.92. The molecule has 2 heteroatoms. The quantitative estimate of drug-likeness (QED) is 0.811. The van der Waals surface area contributed by atoms with Gasteiger partial charge in [-0.05, 0) is 42.4 Å². The molecule has 0 saturated carbocycles. The van der Waals surface area contributed by atoms with Gasteiger partial charge in [0.2, 0.25) is 0 Å². The smallest absolute Gasteiger partial charge is 0.0806 e. The van der Waals surface area contributed by atoms with E-state index in [1.54, 1.807) is 0 Å². The average Bonchev–Trinajstić information content (AvgIpc) is 2.76. The van der Waals surface area contributed by atoms with Crippen molar-refractivity contribution in [3.63, 3.8) is 0 Å². The maximum Gasteiger partial charge on any atom is 0.0806 e. The van der Waals surface area contributed by atoms with E-state index in [1.807, 2.05) is 6.92 Å². The summed E-state index contributed by atoms with van der Waals surface area (Å²) < 4.78 is 0. The Morgan fingerprint density at radius 1 is 1.31 bits per heavy atom. The molecule has 1 atom stereocenters. The van der Waals surface area contributed by atoms with Crippen molar-refractivity contribution in [3.8, 4) is 0 Å². The molecule has 0 heterocycles. The number of nitrogens with two attached hydrogens (primary N) is 1. The lowest BCUT2D eigenvalue weighted by Crippen LogP contribution is -2.39. The van der Waals surface area contributed by atoms with Crippen LogP contribution >= 0.6 is 0 Å². The lowest BCUT2D eigenvalue weighted by atomic mass is 9.91. The molecule has 0 spiro atoms. The standard InChI is InChI=1S/C14H21NO/c1-2-14(16,10-15)9-11-6-7-12-4-3-5-13(12)8-11/h6-8,16H,2-5,9-10,15H2,1H3. The third kappa shape index (κ3) is 2.28. The van der Waals surface area contributed by atoms with E-state index in [0.717, 1.165) is 0 Å². The van der Waals surface area contributed by atoms with Gasteiger partial charge in [0.05, 0.1) is 5.60 Å². The first-order valence-corrected chi connectivity index (χ1v) is 6.20. The van der Waals surface area contributed by atoms with Gasteiger partial charge in [0, 0.05) is 13.0 Å². The Balaban J connectivity index is 2.16. The SMILES string of the molecule is CCC(O)(CN)Cc1ccc2c(c1)CCC2. The third-order valence-corrected chi connectivity index (χ3v) is 3.73. The second-order valence-electron chi connectivity index (χ2n) is 4.92. The molecule has 0 radical (unpaired) electrons. The van der Waals surface area contributed by atoms with Gasteiger partial charge in [-0.25, -0.2) is 0 Å². The maximum atomic E-state index is 10.2. The Kier molecular flexibility index (Phi) is 3.31. The number of aliphatic hydroxyl groups is 1. The molecule has 88 valence electrons. The summed E-state index contributed by atoms with van der Waals surface area (Å²) >= 11 is 0. The molecular formula is C14H21NO. The summed E-state index contributed by atoms with van der Waals surface area (Å²) in [5.41, 5.74) is 9.07. The Bertz CT molecular complexity index is 369. The summed E-state index contributed by atoms with van der Waals surface area (Å²) in [5.74, 6) is 0. The maximum absolute atomic E-state index is 10.2. The lowest BCUT2D eigenvalue weighted by Gasteiger charge is -2.25. The van der Waals surface area contributed by atoms with Crippen LogP contribution in [0, 0.1) is 0 Å². The van der Waals surface area contributed by atoms with Gasteiger partial charge in [-0.3, -0.25) is 0 Å². The van der Waals surface area contributed by atoms with Crippen LogP contribution < -0.4 is 5.73 Å². The van der Waals surface area contributed by atoms with Crippen molar-refractivity contribution in [2.24, 2.45) is 5.73 Å².